The fourth-order valence-corrected chi connectivity index (χ4v) is 4.05. The van der Waals surface area contributed by atoms with E-state index in [2.05, 4.69) is 27.7 Å². The van der Waals surface area contributed by atoms with Crippen molar-refractivity contribution in [2.75, 3.05) is 0 Å². The van der Waals surface area contributed by atoms with E-state index in [-0.39, 0.29) is 0 Å². The van der Waals surface area contributed by atoms with Crippen LogP contribution in [0.15, 0.2) is 0 Å². The zero-order valence-corrected chi connectivity index (χ0v) is 11.2. The van der Waals surface area contributed by atoms with E-state index in [1.807, 2.05) is 0 Å². The molecule has 0 N–H and O–H groups in total. The molecule has 0 amide bonds. The molecule has 92 valence electrons. The smallest absolute Gasteiger partial charge is 0.136 e. The normalized spacial score (nSPS) is 44.6. The number of hydrogen-bond acceptors (Lipinski definition) is 1. The van der Waals surface area contributed by atoms with E-state index in [1.54, 1.807) is 0 Å². The molecule has 2 saturated carbocycles. The second kappa shape index (κ2) is 4.50. The van der Waals surface area contributed by atoms with Gasteiger partial charge in [-0.2, -0.15) is 0 Å². The van der Waals surface area contributed by atoms with Gasteiger partial charge in [-0.15, -0.1) is 0 Å². The third-order valence-electron chi connectivity index (χ3n) is 5.21. The van der Waals surface area contributed by atoms with Gasteiger partial charge < -0.3 is 0 Å². The Morgan fingerprint density at radius 3 is 2.44 bits per heavy atom. The molecule has 16 heavy (non-hydrogen) atoms. The van der Waals surface area contributed by atoms with Gasteiger partial charge in [-0.25, -0.2) is 0 Å². The number of ketones is 1. The Kier molecular flexibility index (Phi) is 3.42. The molecule has 2 unspecified atom stereocenters. The number of carbonyl (C=O) groups is 1. The van der Waals surface area contributed by atoms with Crippen molar-refractivity contribution in [2.45, 2.75) is 53.4 Å². The summed E-state index contributed by atoms with van der Waals surface area (Å²) < 4.78 is 0. The van der Waals surface area contributed by atoms with Crippen LogP contribution in [0.5, 0.6) is 0 Å². The molecular formula is C15H26O. The van der Waals surface area contributed by atoms with Crippen LogP contribution in [-0.4, -0.2) is 5.78 Å². The largest absolute Gasteiger partial charge is 0.299 e. The van der Waals surface area contributed by atoms with E-state index in [4.69, 9.17) is 0 Å². The molecule has 0 aliphatic heterocycles. The molecular weight excluding hydrogens is 196 g/mol. The number of hydrogen-bond donors (Lipinski definition) is 0. The summed E-state index contributed by atoms with van der Waals surface area (Å²) in [5.41, 5.74) is 0. The van der Waals surface area contributed by atoms with E-state index in [0.717, 1.165) is 18.3 Å². The first-order chi connectivity index (χ1) is 7.50. The van der Waals surface area contributed by atoms with Crippen molar-refractivity contribution in [3.63, 3.8) is 0 Å². The minimum Gasteiger partial charge on any atom is -0.299 e. The van der Waals surface area contributed by atoms with Crippen LogP contribution in [0.3, 0.4) is 0 Å². The molecule has 2 aliphatic rings. The third-order valence-corrected chi connectivity index (χ3v) is 5.21. The molecule has 1 nitrogen and oxygen atoms in total. The molecule has 2 aliphatic carbocycles. The number of Topliss-reactive ketones (excluding diaryl/α,β-unsaturated/α-hetero) is 1. The molecule has 0 heterocycles. The van der Waals surface area contributed by atoms with Crippen LogP contribution in [0.25, 0.3) is 0 Å². The van der Waals surface area contributed by atoms with Gasteiger partial charge in [0.25, 0.3) is 0 Å². The van der Waals surface area contributed by atoms with E-state index in [0.29, 0.717) is 29.5 Å². The second-order valence-corrected chi connectivity index (χ2v) is 6.63. The van der Waals surface area contributed by atoms with Crippen LogP contribution in [0.2, 0.25) is 0 Å². The van der Waals surface area contributed by atoms with Crippen molar-refractivity contribution >= 4 is 5.78 Å². The van der Waals surface area contributed by atoms with Gasteiger partial charge in [0.1, 0.15) is 5.78 Å². The first-order valence-electron chi connectivity index (χ1n) is 7.03. The summed E-state index contributed by atoms with van der Waals surface area (Å²) in [4.78, 5) is 12.1. The molecule has 0 aromatic heterocycles. The van der Waals surface area contributed by atoms with Crippen molar-refractivity contribution in [1.29, 1.82) is 0 Å². The molecule has 5 atom stereocenters. The Labute approximate surface area is 100.0 Å². The lowest BCUT2D eigenvalue weighted by atomic mass is 9.78. The highest BCUT2D eigenvalue weighted by atomic mass is 16.1. The Morgan fingerprint density at radius 2 is 1.81 bits per heavy atom. The van der Waals surface area contributed by atoms with E-state index < -0.39 is 0 Å². The highest BCUT2D eigenvalue weighted by Gasteiger charge is 2.45. The second-order valence-electron chi connectivity index (χ2n) is 6.63. The minimum atomic E-state index is 0.402. The topological polar surface area (TPSA) is 17.1 Å². The number of fused-ring (bicyclic) bond motifs is 1. The maximum Gasteiger partial charge on any atom is 0.136 e. The van der Waals surface area contributed by atoms with Crippen molar-refractivity contribution in [3.8, 4) is 0 Å². The fraction of sp³-hybridized carbons (Fsp3) is 0.933. The van der Waals surface area contributed by atoms with Gasteiger partial charge in [-0.3, -0.25) is 4.79 Å². The Bertz CT molecular complexity index is 269. The van der Waals surface area contributed by atoms with Crippen molar-refractivity contribution in [1.82, 2.24) is 0 Å². The van der Waals surface area contributed by atoms with Crippen LogP contribution in [-0.2, 0) is 4.79 Å². The van der Waals surface area contributed by atoms with E-state index in [1.165, 1.54) is 19.3 Å². The van der Waals surface area contributed by atoms with E-state index in [9.17, 15) is 4.79 Å². The summed E-state index contributed by atoms with van der Waals surface area (Å²) in [6.45, 7) is 9.28. The van der Waals surface area contributed by atoms with Crippen LogP contribution in [0.4, 0.5) is 0 Å². The average molecular weight is 222 g/mol. The Balaban J connectivity index is 2.18. The standard InChI is InChI=1S/C15H26O/c1-9(2)12-6-5-10(3)15-13(8-12)11(4)7-14(15)16/h9-13,15H,5-8H2,1-4H3/t10-,11-,12+,13?,15?/m0/s1. The lowest BCUT2D eigenvalue weighted by molar-refractivity contribution is -0.122. The molecule has 0 aromatic carbocycles. The Morgan fingerprint density at radius 1 is 1.12 bits per heavy atom. The number of carbonyl (C=O) groups excluding carboxylic acids is 1. The summed E-state index contributed by atoms with van der Waals surface area (Å²) in [6, 6.07) is 0. The lowest BCUT2D eigenvalue weighted by Crippen LogP contribution is -2.23. The zero-order valence-electron chi connectivity index (χ0n) is 11.2. The maximum absolute atomic E-state index is 12.1. The minimum absolute atomic E-state index is 0.402. The first kappa shape index (κ1) is 12.1. The van der Waals surface area contributed by atoms with Crippen molar-refractivity contribution in [2.24, 2.45) is 35.5 Å². The fourth-order valence-electron chi connectivity index (χ4n) is 4.05. The zero-order chi connectivity index (χ0) is 11.9. The van der Waals surface area contributed by atoms with Gasteiger partial charge in [-0.1, -0.05) is 27.7 Å². The predicted molar refractivity (Wildman–Crippen MR) is 67.1 cm³/mol. The summed E-state index contributed by atoms with van der Waals surface area (Å²) >= 11 is 0. The molecule has 0 aromatic rings. The van der Waals surface area contributed by atoms with Crippen molar-refractivity contribution in [3.05, 3.63) is 0 Å². The molecule has 0 bridgehead atoms. The molecule has 0 spiro atoms. The highest BCUT2D eigenvalue weighted by Crippen LogP contribution is 2.47. The predicted octanol–water partition coefficient (Wildman–Crippen LogP) is 3.92. The third kappa shape index (κ3) is 2.06. The van der Waals surface area contributed by atoms with Gasteiger partial charge in [-0.05, 0) is 48.9 Å². The van der Waals surface area contributed by atoms with Gasteiger partial charge in [0, 0.05) is 12.3 Å². The Hall–Kier alpha value is -0.330. The molecule has 0 saturated heterocycles. The number of rotatable bonds is 1. The summed E-state index contributed by atoms with van der Waals surface area (Å²) in [6.07, 6.45) is 4.76. The maximum atomic E-state index is 12.1. The molecule has 2 rings (SSSR count). The molecule has 1 heteroatoms. The summed E-state index contributed by atoms with van der Waals surface area (Å²) in [5.74, 6) is 4.57. The molecule has 0 radical (unpaired) electrons. The summed E-state index contributed by atoms with van der Waals surface area (Å²) in [7, 11) is 0. The highest BCUT2D eigenvalue weighted by molar-refractivity contribution is 5.84. The van der Waals surface area contributed by atoms with Crippen LogP contribution in [0.1, 0.15) is 53.4 Å². The average Bonchev–Trinajstić information content (AvgIpc) is 2.39. The first-order valence-corrected chi connectivity index (χ1v) is 7.03. The van der Waals surface area contributed by atoms with Gasteiger partial charge in [0.2, 0.25) is 0 Å². The van der Waals surface area contributed by atoms with E-state index >= 15 is 0 Å². The van der Waals surface area contributed by atoms with Gasteiger partial charge in [0.15, 0.2) is 0 Å². The monoisotopic (exact) mass is 222 g/mol. The SMILES string of the molecule is CC(C)[C@@H]1CC[C@H](C)C2C(=O)C[C@H](C)C2C1. The van der Waals surface area contributed by atoms with Crippen LogP contribution >= 0.6 is 0 Å². The molecule has 2 fully saturated rings. The summed E-state index contributed by atoms with van der Waals surface area (Å²) in [5, 5.41) is 0. The van der Waals surface area contributed by atoms with Gasteiger partial charge in [0.05, 0.1) is 0 Å². The van der Waals surface area contributed by atoms with Crippen molar-refractivity contribution < 1.29 is 4.79 Å². The quantitative estimate of drug-likeness (QED) is 0.657. The van der Waals surface area contributed by atoms with Gasteiger partial charge >= 0.3 is 0 Å². The lowest BCUT2D eigenvalue weighted by Gasteiger charge is -2.26. The van der Waals surface area contributed by atoms with Crippen LogP contribution in [0, 0.1) is 35.5 Å². The van der Waals surface area contributed by atoms with Crippen LogP contribution < -0.4 is 0 Å².